The van der Waals surface area contributed by atoms with Gasteiger partial charge in [0.1, 0.15) is 0 Å². The summed E-state index contributed by atoms with van der Waals surface area (Å²) in [5, 5.41) is 25.3. The predicted octanol–water partition coefficient (Wildman–Crippen LogP) is 4.23. The fraction of sp³-hybridized carbons (Fsp3) is 0.263. The van der Waals surface area contributed by atoms with Gasteiger partial charge in [0.05, 0.1) is 12.6 Å². The second-order valence-electron chi connectivity index (χ2n) is 6.01. The van der Waals surface area contributed by atoms with E-state index in [4.69, 9.17) is 0 Å². The molecule has 4 aromatic rings. The van der Waals surface area contributed by atoms with Crippen LogP contribution >= 0.6 is 23.1 Å². The lowest BCUT2D eigenvalue weighted by molar-refractivity contribution is 0.181. The van der Waals surface area contributed by atoms with Crippen molar-refractivity contribution in [2.45, 2.75) is 23.9 Å². The summed E-state index contributed by atoms with van der Waals surface area (Å²) in [6.45, 7) is 3.42. The van der Waals surface area contributed by atoms with E-state index in [0.29, 0.717) is 12.3 Å². The monoisotopic (exact) mass is 384 g/mol. The summed E-state index contributed by atoms with van der Waals surface area (Å²) >= 11 is 3.07. The summed E-state index contributed by atoms with van der Waals surface area (Å²) in [5.74, 6) is 0.585. The van der Waals surface area contributed by atoms with Crippen molar-refractivity contribution in [1.29, 1.82) is 0 Å². The van der Waals surface area contributed by atoms with Gasteiger partial charge in [0.2, 0.25) is 5.13 Å². The highest BCUT2D eigenvalue weighted by atomic mass is 32.2. The summed E-state index contributed by atoms with van der Waals surface area (Å²) in [7, 11) is 0. The van der Waals surface area contributed by atoms with E-state index in [2.05, 4.69) is 56.5 Å². The van der Waals surface area contributed by atoms with Gasteiger partial charge in [0.15, 0.2) is 4.34 Å². The zero-order valence-electron chi connectivity index (χ0n) is 14.4. The number of aromatic nitrogens is 3. The summed E-state index contributed by atoms with van der Waals surface area (Å²) in [6.07, 6.45) is -0.467. The average molecular weight is 385 g/mol. The number of hydrogen-bond acceptors (Lipinski definition) is 6. The summed E-state index contributed by atoms with van der Waals surface area (Å²) < 4.78 is 3.09. The highest BCUT2D eigenvalue weighted by Crippen LogP contribution is 2.30. The topological polar surface area (TPSA) is 63.0 Å². The number of thioether (sulfide) groups is 1. The summed E-state index contributed by atoms with van der Waals surface area (Å²) in [4.78, 5) is 0. The molecule has 7 heteroatoms. The third-order valence-electron chi connectivity index (χ3n) is 4.21. The van der Waals surface area contributed by atoms with Gasteiger partial charge in [-0.15, -0.1) is 10.2 Å². The first-order chi connectivity index (χ1) is 12.8. The fourth-order valence-electron chi connectivity index (χ4n) is 3.12. The van der Waals surface area contributed by atoms with Crippen molar-refractivity contribution in [1.82, 2.24) is 14.8 Å². The van der Waals surface area contributed by atoms with E-state index in [9.17, 15) is 5.11 Å². The van der Waals surface area contributed by atoms with Crippen molar-refractivity contribution in [2.75, 3.05) is 17.6 Å². The number of nitrogens with one attached hydrogen (secondary N) is 1. The molecule has 134 valence electrons. The molecule has 4 rings (SSSR count). The number of benzene rings is 2. The number of fused-ring (bicyclic) bond motifs is 3. The summed E-state index contributed by atoms with van der Waals surface area (Å²) in [5.41, 5.74) is 2.31. The molecule has 0 fully saturated rings. The van der Waals surface area contributed by atoms with Gasteiger partial charge in [-0.2, -0.15) is 0 Å². The Bertz CT molecular complexity index is 973. The van der Waals surface area contributed by atoms with E-state index in [-0.39, 0.29) is 0 Å². The van der Waals surface area contributed by atoms with Crippen LogP contribution in [0.2, 0.25) is 0 Å². The lowest BCUT2D eigenvalue weighted by atomic mass is 10.2. The standard InChI is InChI=1S/C19H20N4OS2/c1-2-20-18-21-22-19(26-18)25-12-13(24)11-23-16-9-5-3-7-14(16)15-8-4-6-10-17(15)23/h3-10,13,24H,2,11-12H2,1H3,(H,20,21)/t13-/m1/s1. The fourth-order valence-corrected chi connectivity index (χ4v) is 4.88. The number of aliphatic hydroxyl groups excluding tert-OH is 1. The maximum Gasteiger partial charge on any atom is 0.206 e. The van der Waals surface area contributed by atoms with Crippen molar-refractivity contribution in [3.8, 4) is 0 Å². The predicted molar refractivity (Wildman–Crippen MR) is 110 cm³/mol. The lowest BCUT2D eigenvalue weighted by Crippen LogP contribution is -2.18. The largest absolute Gasteiger partial charge is 0.390 e. The first-order valence-corrected chi connectivity index (χ1v) is 10.4. The number of hydrogen-bond donors (Lipinski definition) is 2. The Morgan fingerprint density at radius 2 is 1.73 bits per heavy atom. The molecule has 2 heterocycles. The second kappa shape index (κ2) is 7.65. The van der Waals surface area contributed by atoms with E-state index >= 15 is 0 Å². The molecule has 2 N–H and O–H groups in total. The lowest BCUT2D eigenvalue weighted by Gasteiger charge is -2.13. The molecule has 0 saturated carbocycles. The maximum atomic E-state index is 10.6. The van der Waals surface area contributed by atoms with Crippen LogP contribution in [0.3, 0.4) is 0 Å². The van der Waals surface area contributed by atoms with Gasteiger partial charge in [-0.25, -0.2) is 0 Å². The Hall–Kier alpha value is -2.09. The van der Waals surface area contributed by atoms with Gasteiger partial charge in [-0.3, -0.25) is 0 Å². The molecule has 0 amide bonds. The zero-order valence-corrected chi connectivity index (χ0v) is 16.1. The van der Waals surface area contributed by atoms with E-state index < -0.39 is 6.10 Å². The molecule has 2 aromatic carbocycles. The SMILES string of the molecule is CCNc1nnc(SC[C@H](O)Cn2c3ccccc3c3ccccc32)s1. The zero-order chi connectivity index (χ0) is 17.9. The first kappa shape index (κ1) is 17.3. The average Bonchev–Trinajstić information content (AvgIpc) is 3.24. The molecular weight excluding hydrogens is 364 g/mol. The highest BCUT2D eigenvalue weighted by Gasteiger charge is 2.14. The second-order valence-corrected chi connectivity index (χ2v) is 8.26. The van der Waals surface area contributed by atoms with E-state index in [1.165, 1.54) is 22.1 Å². The molecule has 1 atom stereocenters. The molecule has 0 unspecified atom stereocenters. The molecule has 0 aliphatic rings. The molecule has 0 radical (unpaired) electrons. The Labute approximate surface area is 160 Å². The van der Waals surface area contributed by atoms with Crippen LogP contribution in [0.15, 0.2) is 52.9 Å². The van der Waals surface area contributed by atoms with Crippen LogP contribution in [-0.2, 0) is 6.54 Å². The van der Waals surface area contributed by atoms with Crippen LogP contribution in [0.5, 0.6) is 0 Å². The number of rotatable bonds is 7. The van der Waals surface area contributed by atoms with Crippen LogP contribution in [-0.4, -0.2) is 38.3 Å². The molecule has 0 saturated heterocycles. The Kier molecular flexibility index (Phi) is 5.10. The van der Waals surface area contributed by atoms with Gasteiger partial charge < -0.3 is 15.0 Å². The molecule has 26 heavy (non-hydrogen) atoms. The molecule has 0 aliphatic carbocycles. The number of nitrogens with zero attached hydrogens (tertiary/aromatic N) is 3. The van der Waals surface area contributed by atoms with Gasteiger partial charge in [-0.1, -0.05) is 59.5 Å². The maximum absolute atomic E-state index is 10.6. The van der Waals surface area contributed by atoms with Gasteiger partial charge in [0, 0.05) is 34.1 Å². The molecule has 5 nitrogen and oxygen atoms in total. The van der Waals surface area contributed by atoms with Crippen LogP contribution in [0, 0.1) is 0 Å². The Balaban J connectivity index is 1.52. The molecular formula is C19H20N4OS2. The van der Waals surface area contributed by atoms with Crippen molar-refractivity contribution in [3.63, 3.8) is 0 Å². The van der Waals surface area contributed by atoms with Crippen LogP contribution in [0.4, 0.5) is 5.13 Å². The van der Waals surface area contributed by atoms with Crippen molar-refractivity contribution < 1.29 is 5.11 Å². The normalized spacial score (nSPS) is 12.7. The van der Waals surface area contributed by atoms with Crippen LogP contribution in [0.1, 0.15) is 6.92 Å². The Morgan fingerprint density at radius 3 is 2.38 bits per heavy atom. The first-order valence-electron chi connectivity index (χ1n) is 8.60. The summed E-state index contributed by atoms with van der Waals surface area (Å²) in [6, 6.07) is 16.7. The molecule has 0 aliphatic heterocycles. The minimum atomic E-state index is -0.467. The van der Waals surface area contributed by atoms with Gasteiger partial charge in [-0.05, 0) is 19.1 Å². The quantitative estimate of drug-likeness (QED) is 0.467. The molecule has 2 aromatic heterocycles. The van der Waals surface area contributed by atoms with E-state index in [1.807, 2.05) is 19.1 Å². The van der Waals surface area contributed by atoms with E-state index in [1.54, 1.807) is 11.8 Å². The van der Waals surface area contributed by atoms with Crippen molar-refractivity contribution >= 4 is 50.0 Å². The highest BCUT2D eigenvalue weighted by molar-refractivity contribution is 8.01. The van der Waals surface area contributed by atoms with Gasteiger partial charge in [0.25, 0.3) is 0 Å². The van der Waals surface area contributed by atoms with Crippen LogP contribution < -0.4 is 5.32 Å². The van der Waals surface area contributed by atoms with Crippen LogP contribution in [0.25, 0.3) is 21.8 Å². The van der Waals surface area contributed by atoms with Gasteiger partial charge >= 0.3 is 0 Å². The minimum Gasteiger partial charge on any atom is -0.390 e. The number of para-hydroxylation sites is 2. The van der Waals surface area contributed by atoms with Crippen molar-refractivity contribution in [2.24, 2.45) is 0 Å². The Morgan fingerprint density at radius 1 is 1.08 bits per heavy atom. The molecule has 0 bridgehead atoms. The minimum absolute atomic E-state index is 0.467. The van der Waals surface area contributed by atoms with Crippen molar-refractivity contribution in [3.05, 3.63) is 48.5 Å². The number of anilines is 1. The smallest absolute Gasteiger partial charge is 0.206 e. The third-order valence-corrected chi connectivity index (χ3v) is 6.37. The van der Waals surface area contributed by atoms with E-state index in [0.717, 1.165) is 27.0 Å². The molecule has 0 spiro atoms. The number of aliphatic hydroxyl groups is 1. The third kappa shape index (κ3) is 3.42.